The van der Waals surface area contributed by atoms with E-state index in [9.17, 15) is 0 Å². The molecule has 2 aromatic rings. The van der Waals surface area contributed by atoms with Gasteiger partial charge in [-0.1, -0.05) is 23.1 Å². The van der Waals surface area contributed by atoms with E-state index in [0.717, 1.165) is 9.47 Å². The average molecular weight is 300 g/mol. The maximum Gasteiger partial charge on any atom is 0.208 e. The summed E-state index contributed by atoms with van der Waals surface area (Å²) in [6.07, 6.45) is 0. The second-order valence-electron chi connectivity index (χ2n) is 4.04. The van der Waals surface area contributed by atoms with Gasteiger partial charge in [-0.25, -0.2) is 0 Å². The molecule has 2 heterocycles. The van der Waals surface area contributed by atoms with Gasteiger partial charge in [0.15, 0.2) is 4.34 Å². The molecule has 7 heteroatoms. The highest BCUT2D eigenvalue weighted by molar-refractivity contribution is 8.01. The minimum atomic E-state index is 0.270. The fourth-order valence-electron chi connectivity index (χ4n) is 1.40. The highest BCUT2D eigenvalue weighted by atomic mass is 32.2. The van der Waals surface area contributed by atoms with Gasteiger partial charge in [0.2, 0.25) is 5.13 Å². The molecule has 18 heavy (non-hydrogen) atoms. The Morgan fingerprint density at radius 3 is 2.61 bits per heavy atom. The topological polar surface area (TPSA) is 55.0 Å². The highest BCUT2D eigenvalue weighted by Crippen LogP contribution is 2.39. The minimum absolute atomic E-state index is 0.270. The van der Waals surface area contributed by atoms with Crippen molar-refractivity contribution in [2.45, 2.75) is 16.5 Å². The van der Waals surface area contributed by atoms with Crippen LogP contribution < -0.4 is 10.6 Å². The summed E-state index contributed by atoms with van der Waals surface area (Å²) >= 11 is 5.10. The van der Waals surface area contributed by atoms with Crippen LogP contribution in [0.25, 0.3) is 0 Å². The lowest BCUT2D eigenvalue weighted by Crippen LogP contribution is -2.07. The van der Waals surface area contributed by atoms with E-state index in [2.05, 4.69) is 29.3 Å². The number of aromatic nitrogens is 2. The molecule has 1 unspecified atom stereocenters. The Bertz CT molecular complexity index is 506. The van der Waals surface area contributed by atoms with E-state index in [1.165, 1.54) is 9.75 Å². The van der Waals surface area contributed by atoms with Gasteiger partial charge in [-0.2, -0.15) is 0 Å². The molecule has 0 aliphatic heterocycles. The lowest BCUT2D eigenvalue weighted by atomic mass is 10.3. The number of hydrogen-bond donors (Lipinski definition) is 1. The van der Waals surface area contributed by atoms with Crippen molar-refractivity contribution in [3.05, 3.63) is 21.9 Å². The summed E-state index contributed by atoms with van der Waals surface area (Å²) in [6, 6.07) is 4.28. The first-order chi connectivity index (χ1) is 8.60. The third-order valence-corrected chi connectivity index (χ3v) is 6.02. The number of aryl methyl sites for hydroxylation is 1. The summed E-state index contributed by atoms with van der Waals surface area (Å²) in [5.74, 6) is 0. The van der Waals surface area contributed by atoms with Crippen LogP contribution in [0.2, 0.25) is 0 Å². The van der Waals surface area contributed by atoms with Crippen molar-refractivity contribution in [2.75, 3.05) is 25.5 Å². The minimum Gasteiger partial charge on any atom is -0.353 e. The molecule has 0 saturated heterocycles. The standard InChI is InChI=1S/C11H16N4S3/c1-7-4-5-8(16-7)9(6-12)17-11-14-13-10(18-11)15(2)3/h4-5,9H,6,12H2,1-3H3. The Morgan fingerprint density at radius 2 is 2.11 bits per heavy atom. The molecule has 4 nitrogen and oxygen atoms in total. The molecule has 0 fully saturated rings. The molecule has 2 N–H and O–H groups in total. The van der Waals surface area contributed by atoms with Crippen molar-refractivity contribution in [2.24, 2.45) is 5.73 Å². The Morgan fingerprint density at radius 1 is 1.33 bits per heavy atom. The zero-order chi connectivity index (χ0) is 13.1. The van der Waals surface area contributed by atoms with Gasteiger partial charge in [0.05, 0.1) is 5.25 Å². The Labute approximate surface area is 119 Å². The van der Waals surface area contributed by atoms with Crippen LogP contribution in [-0.4, -0.2) is 30.8 Å². The maximum absolute atomic E-state index is 5.86. The van der Waals surface area contributed by atoms with E-state index >= 15 is 0 Å². The molecule has 2 aromatic heterocycles. The van der Waals surface area contributed by atoms with Crippen molar-refractivity contribution in [1.29, 1.82) is 0 Å². The third-order valence-electron chi connectivity index (χ3n) is 2.31. The van der Waals surface area contributed by atoms with E-state index in [-0.39, 0.29) is 5.25 Å². The van der Waals surface area contributed by atoms with Crippen LogP contribution in [0.1, 0.15) is 15.0 Å². The van der Waals surface area contributed by atoms with Crippen LogP contribution in [0.15, 0.2) is 16.5 Å². The maximum atomic E-state index is 5.86. The number of thiophene rings is 1. The molecule has 0 radical (unpaired) electrons. The molecular weight excluding hydrogens is 284 g/mol. The average Bonchev–Trinajstić information content (AvgIpc) is 2.94. The zero-order valence-electron chi connectivity index (χ0n) is 10.6. The Hall–Kier alpha value is -0.630. The molecular formula is C11H16N4S3. The second-order valence-corrected chi connectivity index (χ2v) is 7.76. The van der Waals surface area contributed by atoms with Crippen LogP contribution in [0.5, 0.6) is 0 Å². The number of nitrogens with zero attached hydrogens (tertiary/aromatic N) is 3. The molecule has 0 aliphatic rings. The van der Waals surface area contributed by atoms with Crippen molar-refractivity contribution < 1.29 is 0 Å². The lowest BCUT2D eigenvalue weighted by molar-refractivity contribution is 0.941. The van der Waals surface area contributed by atoms with E-state index in [1.807, 2.05) is 19.0 Å². The monoisotopic (exact) mass is 300 g/mol. The van der Waals surface area contributed by atoms with Gasteiger partial charge < -0.3 is 10.6 Å². The van der Waals surface area contributed by atoms with Gasteiger partial charge in [0.25, 0.3) is 0 Å². The van der Waals surface area contributed by atoms with E-state index in [4.69, 9.17) is 5.73 Å². The van der Waals surface area contributed by atoms with E-state index < -0.39 is 0 Å². The first-order valence-electron chi connectivity index (χ1n) is 5.54. The molecule has 0 bridgehead atoms. The van der Waals surface area contributed by atoms with E-state index in [0.29, 0.717) is 6.54 Å². The molecule has 0 aromatic carbocycles. The summed E-state index contributed by atoms with van der Waals surface area (Å²) in [5.41, 5.74) is 5.86. The first kappa shape index (κ1) is 13.8. The van der Waals surface area contributed by atoms with Crippen LogP contribution in [0, 0.1) is 6.92 Å². The van der Waals surface area contributed by atoms with Crippen molar-refractivity contribution in [3.63, 3.8) is 0 Å². The van der Waals surface area contributed by atoms with Gasteiger partial charge in [-0.05, 0) is 19.1 Å². The SMILES string of the molecule is Cc1ccc(C(CN)Sc2nnc(N(C)C)s2)s1. The van der Waals surface area contributed by atoms with Gasteiger partial charge in [0.1, 0.15) is 0 Å². The Kier molecular flexibility index (Phi) is 4.60. The van der Waals surface area contributed by atoms with Gasteiger partial charge in [0, 0.05) is 30.4 Å². The number of anilines is 1. The largest absolute Gasteiger partial charge is 0.353 e. The predicted octanol–water partition coefficient (Wildman–Crippen LogP) is 2.77. The third kappa shape index (κ3) is 3.23. The summed E-state index contributed by atoms with van der Waals surface area (Å²) < 4.78 is 0.972. The smallest absolute Gasteiger partial charge is 0.208 e. The second kappa shape index (κ2) is 6.01. The summed E-state index contributed by atoms with van der Waals surface area (Å²) in [7, 11) is 3.94. The molecule has 0 aliphatic carbocycles. The van der Waals surface area contributed by atoms with Crippen molar-refractivity contribution >= 4 is 39.6 Å². The molecule has 98 valence electrons. The summed E-state index contributed by atoms with van der Waals surface area (Å²) in [5, 5.41) is 9.53. The van der Waals surface area contributed by atoms with Crippen LogP contribution in [0.4, 0.5) is 5.13 Å². The predicted molar refractivity (Wildman–Crippen MR) is 80.9 cm³/mol. The lowest BCUT2D eigenvalue weighted by Gasteiger charge is -2.09. The number of nitrogens with two attached hydrogens (primary N) is 1. The van der Waals surface area contributed by atoms with Crippen molar-refractivity contribution in [1.82, 2.24) is 10.2 Å². The fourth-order valence-corrected chi connectivity index (χ4v) is 4.45. The zero-order valence-corrected chi connectivity index (χ0v) is 13.0. The fraction of sp³-hybridized carbons (Fsp3) is 0.455. The molecule has 0 spiro atoms. The molecule has 0 amide bonds. The quantitative estimate of drug-likeness (QED) is 0.861. The molecule has 0 saturated carbocycles. The van der Waals surface area contributed by atoms with Gasteiger partial charge >= 0.3 is 0 Å². The van der Waals surface area contributed by atoms with E-state index in [1.54, 1.807) is 34.4 Å². The summed E-state index contributed by atoms with van der Waals surface area (Å²) in [6.45, 7) is 2.73. The van der Waals surface area contributed by atoms with Crippen LogP contribution >= 0.6 is 34.4 Å². The normalized spacial score (nSPS) is 12.7. The number of rotatable bonds is 5. The Balaban J connectivity index is 2.10. The van der Waals surface area contributed by atoms with Crippen LogP contribution in [-0.2, 0) is 0 Å². The molecule has 2 rings (SSSR count). The van der Waals surface area contributed by atoms with Crippen LogP contribution in [0.3, 0.4) is 0 Å². The van der Waals surface area contributed by atoms with Gasteiger partial charge in [-0.3, -0.25) is 0 Å². The highest BCUT2D eigenvalue weighted by Gasteiger charge is 2.16. The number of hydrogen-bond acceptors (Lipinski definition) is 7. The van der Waals surface area contributed by atoms with Gasteiger partial charge in [-0.15, -0.1) is 21.5 Å². The first-order valence-corrected chi connectivity index (χ1v) is 8.05. The number of thioether (sulfide) groups is 1. The summed E-state index contributed by atoms with van der Waals surface area (Å²) in [4.78, 5) is 4.59. The molecule has 1 atom stereocenters. The van der Waals surface area contributed by atoms with Crippen molar-refractivity contribution in [3.8, 4) is 0 Å².